The smallest absolute Gasteiger partial charge is 0.319 e. The molecule has 1 heterocycles. The van der Waals surface area contributed by atoms with Crippen molar-refractivity contribution in [3.8, 4) is 17.0 Å². The number of hydrogen-bond acceptors (Lipinski definition) is 3. The molecule has 0 aliphatic carbocycles. The fourth-order valence-electron chi connectivity index (χ4n) is 4.00. The minimum atomic E-state index is -2.68. The zero-order valence-corrected chi connectivity index (χ0v) is 18.9. The van der Waals surface area contributed by atoms with Crippen LogP contribution in [0.1, 0.15) is 20.8 Å². The van der Waals surface area contributed by atoms with E-state index >= 15 is 0 Å². The van der Waals surface area contributed by atoms with Crippen LogP contribution in [0.4, 0.5) is 4.39 Å². The van der Waals surface area contributed by atoms with Crippen molar-refractivity contribution < 1.29 is 8.82 Å². The summed E-state index contributed by atoms with van der Waals surface area (Å²) in [7, 11) is -2.68. The van der Waals surface area contributed by atoms with E-state index in [1.807, 2.05) is 36.4 Å². The third kappa shape index (κ3) is 4.14. The van der Waals surface area contributed by atoms with Gasteiger partial charge in [0.25, 0.3) is 0 Å². The van der Waals surface area contributed by atoms with Crippen molar-refractivity contribution in [1.29, 1.82) is 0 Å². The summed E-state index contributed by atoms with van der Waals surface area (Å²) in [6, 6.07) is 28.7. The van der Waals surface area contributed by atoms with Crippen molar-refractivity contribution in [3.05, 3.63) is 103 Å². The monoisotopic (exact) mass is 428 g/mol. The number of aromatic nitrogens is 2. The summed E-state index contributed by atoms with van der Waals surface area (Å²) >= 11 is 0. The largest absolute Gasteiger partial charge is 0.534 e. The van der Waals surface area contributed by atoms with E-state index in [0.29, 0.717) is 5.69 Å². The summed E-state index contributed by atoms with van der Waals surface area (Å²) in [5.74, 6) is 0.188. The first kappa shape index (κ1) is 20.9. The van der Waals surface area contributed by atoms with Gasteiger partial charge < -0.3 is 4.43 Å². The first-order valence-corrected chi connectivity index (χ1v) is 12.2. The van der Waals surface area contributed by atoms with E-state index in [2.05, 4.69) is 79.3 Å². The Morgan fingerprint density at radius 3 is 1.77 bits per heavy atom. The van der Waals surface area contributed by atoms with Gasteiger partial charge in [-0.05, 0) is 39.7 Å². The lowest BCUT2D eigenvalue weighted by atomic mass is 10.1. The minimum absolute atomic E-state index is 0.123. The first-order chi connectivity index (χ1) is 14.9. The lowest BCUT2D eigenvalue weighted by Gasteiger charge is -2.43. The maximum absolute atomic E-state index is 13.5. The molecule has 0 saturated carbocycles. The standard InChI is InChI=1S/C26H25FN2OSi/c1-26(2,3)31(22-10-6-4-7-11-22,23-12-8-5-9-13-23)30-21-16-14-20(15-17-21)24-18-28-19-25(27)29-24/h4-19H,1-3H3. The molecule has 0 fully saturated rings. The van der Waals surface area contributed by atoms with Crippen LogP contribution in [0.25, 0.3) is 11.3 Å². The van der Waals surface area contributed by atoms with Crippen molar-refractivity contribution in [2.24, 2.45) is 0 Å². The molecule has 0 aliphatic heterocycles. The highest BCUT2D eigenvalue weighted by atomic mass is 28.4. The molecule has 31 heavy (non-hydrogen) atoms. The van der Waals surface area contributed by atoms with Crippen LogP contribution in [0.15, 0.2) is 97.3 Å². The Balaban J connectivity index is 1.80. The van der Waals surface area contributed by atoms with Crippen LogP contribution < -0.4 is 14.8 Å². The van der Waals surface area contributed by atoms with Gasteiger partial charge in [0.15, 0.2) is 0 Å². The zero-order valence-electron chi connectivity index (χ0n) is 17.9. The predicted molar refractivity (Wildman–Crippen MR) is 126 cm³/mol. The Morgan fingerprint density at radius 2 is 1.29 bits per heavy atom. The molecule has 0 radical (unpaired) electrons. The topological polar surface area (TPSA) is 35.0 Å². The molecule has 0 aliphatic rings. The summed E-state index contributed by atoms with van der Waals surface area (Å²) in [5, 5.41) is 2.31. The van der Waals surface area contributed by atoms with Crippen LogP contribution in [0, 0.1) is 5.95 Å². The molecule has 0 spiro atoms. The number of rotatable bonds is 5. The summed E-state index contributed by atoms with van der Waals surface area (Å²) in [5.41, 5.74) is 1.29. The van der Waals surface area contributed by atoms with Gasteiger partial charge in [-0.1, -0.05) is 81.4 Å². The highest BCUT2D eigenvalue weighted by molar-refractivity contribution is 7.00. The maximum Gasteiger partial charge on any atom is 0.319 e. The summed E-state index contributed by atoms with van der Waals surface area (Å²) in [6.07, 6.45) is 2.66. The fraction of sp³-hybridized carbons (Fsp3) is 0.154. The van der Waals surface area contributed by atoms with Gasteiger partial charge in [0, 0.05) is 5.56 Å². The molecule has 0 N–H and O–H groups in total. The van der Waals surface area contributed by atoms with E-state index in [0.717, 1.165) is 17.5 Å². The predicted octanol–water partition coefficient (Wildman–Crippen LogP) is 5.22. The van der Waals surface area contributed by atoms with E-state index in [-0.39, 0.29) is 5.04 Å². The number of hydrogen-bond donors (Lipinski definition) is 0. The third-order valence-corrected chi connectivity index (χ3v) is 10.4. The first-order valence-electron chi connectivity index (χ1n) is 10.3. The number of nitrogens with zero attached hydrogens (tertiary/aromatic N) is 2. The Hall–Kier alpha value is -3.31. The van der Waals surface area contributed by atoms with Gasteiger partial charge in [0.1, 0.15) is 5.75 Å². The molecule has 5 heteroatoms. The highest BCUT2D eigenvalue weighted by Gasteiger charge is 2.52. The molecule has 0 saturated heterocycles. The number of benzene rings is 3. The van der Waals surface area contributed by atoms with Crippen LogP contribution in [0.5, 0.6) is 5.75 Å². The Kier molecular flexibility index (Phi) is 5.70. The van der Waals surface area contributed by atoms with Crippen LogP contribution in [0.3, 0.4) is 0 Å². The van der Waals surface area contributed by atoms with Crippen molar-refractivity contribution in [2.75, 3.05) is 0 Å². The van der Waals surface area contributed by atoms with Gasteiger partial charge in [0.05, 0.1) is 18.1 Å². The molecule has 0 atom stereocenters. The Bertz CT molecular complexity index is 1100. The lowest BCUT2D eigenvalue weighted by Crippen LogP contribution is -2.68. The molecule has 4 rings (SSSR count). The maximum atomic E-state index is 13.5. The van der Waals surface area contributed by atoms with E-state index < -0.39 is 14.3 Å². The molecule has 0 bridgehead atoms. The molecule has 3 aromatic carbocycles. The van der Waals surface area contributed by atoms with Crippen molar-refractivity contribution >= 4 is 18.7 Å². The van der Waals surface area contributed by atoms with Gasteiger partial charge in [0.2, 0.25) is 5.95 Å². The van der Waals surface area contributed by atoms with Crippen LogP contribution in [-0.2, 0) is 0 Å². The molecule has 0 unspecified atom stereocenters. The molecule has 0 amide bonds. The zero-order chi connectivity index (χ0) is 21.9. The quantitative estimate of drug-likeness (QED) is 0.409. The molecule has 1 aromatic heterocycles. The van der Waals surface area contributed by atoms with Gasteiger partial charge in [-0.3, -0.25) is 4.98 Å². The third-order valence-electron chi connectivity index (χ3n) is 5.44. The molecular weight excluding hydrogens is 403 g/mol. The van der Waals surface area contributed by atoms with Crippen molar-refractivity contribution in [3.63, 3.8) is 0 Å². The lowest BCUT2D eigenvalue weighted by molar-refractivity contribution is 0.508. The second-order valence-corrected chi connectivity index (χ2v) is 12.7. The Labute approximate surface area is 183 Å². The van der Waals surface area contributed by atoms with E-state index in [1.54, 1.807) is 6.20 Å². The van der Waals surface area contributed by atoms with Crippen molar-refractivity contribution in [1.82, 2.24) is 9.97 Å². The summed E-state index contributed by atoms with van der Waals surface area (Å²) in [6.45, 7) is 6.74. The van der Waals surface area contributed by atoms with Crippen LogP contribution in [-0.4, -0.2) is 18.3 Å². The summed E-state index contributed by atoms with van der Waals surface area (Å²) in [4.78, 5) is 7.81. The van der Waals surface area contributed by atoms with Gasteiger partial charge in [-0.15, -0.1) is 0 Å². The van der Waals surface area contributed by atoms with Gasteiger partial charge in [-0.2, -0.15) is 4.39 Å². The minimum Gasteiger partial charge on any atom is -0.534 e. The summed E-state index contributed by atoms with van der Waals surface area (Å²) < 4.78 is 20.5. The fourth-order valence-corrected chi connectivity index (χ4v) is 8.42. The highest BCUT2D eigenvalue weighted by Crippen LogP contribution is 2.37. The van der Waals surface area contributed by atoms with Crippen LogP contribution in [0.2, 0.25) is 5.04 Å². The van der Waals surface area contributed by atoms with Gasteiger partial charge in [-0.25, -0.2) is 4.98 Å². The molecule has 4 aromatic rings. The second-order valence-electron chi connectivity index (χ2n) is 8.52. The van der Waals surface area contributed by atoms with E-state index in [1.165, 1.54) is 10.4 Å². The van der Waals surface area contributed by atoms with E-state index in [9.17, 15) is 4.39 Å². The van der Waals surface area contributed by atoms with Gasteiger partial charge >= 0.3 is 8.32 Å². The normalized spacial score (nSPS) is 11.9. The van der Waals surface area contributed by atoms with Crippen LogP contribution >= 0.6 is 0 Å². The average Bonchev–Trinajstić information content (AvgIpc) is 2.78. The second kappa shape index (κ2) is 8.44. The Morgan fingerprint density at radius 1 is 0.742 bits per heavy atom. The molecular formula is C26H25FN2OSi. The number of halogens is 1. The molecule has 3 nitrogen and oxygen atoms in total. The molecule has 156 valence electrons. The van der Waals surface area contributed by atoms with E-state index in [4.69, 9.17) is 4.43 Å². The average molecular weight is 429 g/mol. The van der Waals surface area contributed by atoms with Crippen molar-refractivity contribution in [2.45, 2.75) is 25.8 Å². The SMILES string of the molecule is CC(C)(C)[Si](Oc1ccc(-c2cncc(F)n2)cc1)(c1ccccc1)c1ccccc1.